The zero-order valence-electron chi connectivity index (χ0n) is 11.9. The fraction of sp³-hybridized carbons (Fsp3) is 0.500. The Balaban J connectivity index is 2.61. The van der Waals surface area contributed by atoms with Crippen molar-refractivity contribution in [3.63, 3.8) is 0 Å². The molecule has 0 aliphatic carbocycles. The fourth-order valence-corrected chi connectivity index (χ4v) is 1.82. The number of alkyl halides is 3. The lowest BCUT2D eigenvalue weighted by atomic mass is 10.1. The Bertz CT molecular complexity index is 490. The molecule has 0 radical (unpaired) electrons. The summed E-state index contributed by atoms with van der Waals surface area (Å²) in [6, 6.07) is 3.39. The van der Waals surface area contributed by atoms with E-state index in [0.717, 1.165) is 12.5 Å². The van der Waals surface area contributed by atoms with Crippen molar-refractivity contribution in [2.75, 3.05) is 18.4 Å². The third-order valence-corrected chi connectivity index (χ3v) is 3.01. The molecule has 0 heterocycles. The van der Waals surface area contributed by atoms with Crippen molar-refractivity contribution in [3.8, 4) is 0 Å². The van der Waals surface area contributed by atoms with Gasteiger partial charge >= 0.3 is 6.18 Å². The first-order valence-electron chi connectivity index (χ1n) is 6.57. The first-order chi connectivity index (χ1) is 9.70. The molecule has 1 aromatic rings. The monoisotopic (exact) mass is 322 g/mol. The summed E-state index contributed by atoms with van der Waals surface area (Å²) in [7, 11) is 0. The highest BCUT2D eigenvalue weighted by molar-refractivity contribution is 6.30. The van der Waals surface area contributed by atoms with E-state index in [1.165, 1.54) is 12.1 Å². The molecule has 0 spiro atoms. The summed E-state index contributed by atoms with van der Waals surface area (Å²) in [6.07, 6.45) is -3.71. The van der Waals surface area contributed by atoms with E-state index in [4.69, 9.17) is 11.6 Å². The minimum absolute atomic E-state index is 0.00531. The van der Waals surface area contributed by atoms with E-state index in [9.17, 15) is 18.0 Å². The quantitative estimate of drug-likeness (QED) is 0.833. The standard InChI is InChI=1S/C14H18ClF3N2O/c1-9(2)5-6-19-13(21)8-20-12-4-3-10(15)7-11(12)14(16,17)18/h3-4,7,9,20H,5-6,8H2,1-2H3,(H,19,21). The lowest BCUT2D eigenvalue weighted by Crippen LogP contribution is -2.31. The Morgan fingerprint density at radius 3 is 2.57 bits per heavy atom. The molecule has 0 saturated heterocycles. The van der Waals surface area contributed by atoms with Gasteiger partial charge in [-0.15, -0.1) is 0 Å². The molecular weight excluding hydrogens is 305 g/mol. The molecule has 2 N–H and O–H groups in total. The maximum absolute atomic E-state index is 12.8. The van der Waals surface area contributed by atoms with E-state index < -0.39 is 11.7 Å². The maximum Gasteiger partial charge on any atom is 0.418 e. The van der Waals surface area contributed by atoms with Crippen LogP contribution in [-0.4, -0.2) is 19.0 Å². The van der Waals surface area contributed by atoms with Crippen LogP contribution in [0.15, 0.2) is 18.2 Å². The number of halogens is 4. The molecule has 1 rings (SSSR count). The summed E-state index contributed by atoms with van der Waals surface area (Å²) in [6.45, 7) is 4.33. The molecule has 1 aromatic carbocycles. The van der Waals surface area contributed by atoms with Crippen molar-refractivity contribution in [1.29, 1.82) is 0 Å². The van der Waals surface area contributed by atoms with Crippen molar-refractivity contribution >= 4 is 23.2 Å². The molecule has 0 unspecified atom stereocenters. The Morgan fingerprint density at radius 2 is 2.00 bits per heavy atom. The zero-order valence-corrected chi connectivity index (χ0v) is 12.6. The van der Waals surface area contributed by atoms with Gasteiger partial charge < -0.3 is 10.6 Å². The zero-order chi connectivity index (χ0) is 16.0. The molecule has 0 aromatic heterocycles. The van der Waals surface area contributed by atoms with Crippen LogP contribution >= 0.6 is 11.6 Å². The van der Waals surface area contributed by atoms with Crippen molar-refractivity contribution in [2.24, 2.45) is 5.92 Å². The Hall–Kier alpha value is -1.43. The summed E-state index contributed by atoms with van der Waals surface area (Å²) in [5, 5.41) is 5.13. The summed E-state index contributed by atoms with van der Waals surface area (Å²) < 4.78 is 38.5. The molecule has 0 fully saturated rings. The van der Waals surface area contributed by atoms with E-state index in [2.05, 4.69) is 10.6 Å². The Labute approximate surface area is 126 Å². The van der Waals surface area contributed by atoms with Gasteiger partial charge in [0.2, 0.25) is 5.91 Å². The van der Waals surface area contributed by atoms with Gasteiger partial charge in [0, 0.05) is 17.3 Å². The number of amides is 1. The van der Waals surface area contributed by atoms with Gasteiger partial charge in [-0.25, -0.2) is 0 Å². The first kappa shape index (κ1) is 17.6. The van der Waals surface area contributed by atoms with E-state index in [1.54, 1.807) is 0 Å². The van der Waals surface area contributed by atoms with Crippen molar-refractivity contribution < 1.29 is 18.0 Å². The molecule has 0 atom stereocenters. The number of anilines is 1. The maximum atomic E-state index is 12.8. The lowest BCUT2D eigenvalue weighted by Gasteiger charge is -2.15. The normalized spacial score (nSPS) is 11.6. The topological polar surface area (TPSA) is 41.1 Å². The number of nitrogens with one attached hydrogen (secondary N) is 2. The molecule has 118 valence electrons. The molecule has 0 saturated carbocycles. The smallest absolute Gasteiger partial charge is 0.376 e. The van der Waals surface area contributed by atoms with Gasteiger partial charge in [-0.05, 0) is 30.5 Å². The van der Waals surface area contributed by atoms with Crippen molar-refractivity contribution in [1.82, 2.24) is 5.32 Å². The largest absolute Gasteiger partial charge is 0.418 e. The molecular formula is C14H18ClF3N2O. The van der Waals surface area contributed by atoms with E-state index in [-0.39, 0.29) is 23.2 Å². The highest BCUT2D eigenvalue weighted by Crippen LogP contribution is 2.36. The van der Waals surface area contributed by atoms with Gasteiger partial charge in [0.25, 0.3) is 0 Å². The SMILES string of the molecule is CC(C)CCNC(=O)CNc1ccc(Cl)cc1C(F)(F)F. The highest BCUT2D eigenvalue weighted by Gasteiger charge is 2.33. The minimum atomic E-state index is -4.53. The average Bonchev–Trinajstić information content (AvgIpc) is 2.35. The Morgan fingerprint density at radius 1 is 1.33 bits per heavy atom. The highest BCUT2D eigenvalue weighted by atomic mass is 35.5. The molecule has 7 heteroatoms. The van der Waals surface area contributed by atoms with Crippen LogP contribution in [0.5, 0.6) is 0 Å². The van der Waals surface area contributed by atoms with Gasteiger partial charge in [-0.1, -0.05) is 25.4 Å². The van der Waals surface area contributed by atoms with E-state index in [0.29, 0.717) is 12.5 Å². The third kappa shape index (κ3) is 6.25. The second-order valence-electron chi connectivity index (χ2n) is 5.07. The van der Waals surface area contributed by atoms with Gasteiger partial charge in [0.1, 0.15) is 0 Å². The van der Waals surface area contributed by atoms with Gasteiger partial charge in [-0.3, -0.25) is 4.79 Å². The van der Waals surface area contributed by atoms with Crippen LogP contribution in [0.1, 0.15) is 25.8 Å². The van der Waals surface area contributed by atoms with Crippen LogP contribution in [0.4, 0.5) is 18.9 Å². The second-order valence-corrected chi connectivity index (χ2v) is 5.51. The van der Waals surface area contributed by atoms with Crippen LogP contribution in [-0.2, 0) is 11.0 Å². The molecule has 3 nitrogen and oxygen atoms in total. The predicted octanol–water partition coefficient (Wildman–Crippen LogP) is 3.93. The number of benzene rings is 1. The van der Waals surface area contributed by atoms with Gasteiger partial charge in [-0.2, -0.15) is 13.2 Å². The minimum Gasteiger partial charge on any atom is -0.376 e. The van der Waals surface area contributed by atoms with Gasteiger partial charge in [0.05, 0.1) is 12.1 Å². The van der Waals surface area contributed by atoms with E-state index >= 15 is 0 Å². The first-order valence-corrected chi connectivity index (χ1v) is 6.95. The average molecular weight is 323 g/mol. The fourth-order valence-electron chi connectivity index (χ4n) is 1.64. The number of hydrogen-bond donors (Lipinski definition) is 2. The molecule has 0 aliphatic rings. The van der Waals surface area contributed by atoms with Crippen LogP contribution in [0.3, 0.4) is 0 Å². The van der Waals surface area contributed by atoms with Crippen LogP contribution in [0, 0.1) is 5.92 Å². The number of carbonyl (C=O) groups is 1. The van der Waals surface area contributed by atoms with Gasteiger partial charge in [0.15, 0.2) is 0 Å². The van der Waals surface area contributed by atoms with Crippen LogP contribution < -0.4 is 10.6 Å². The van der Waals surface area contributed by atoms with Crippen molar-refractivity contribution in [2.45, 2.75) is 26.4 Å². The number of carbonyl (C=O) groups excluding carboxylic acids is 1. The number of rotatable bonds is 6. The molecule has 1 amide bonds. The van der Waals surface area contributed by atoms with Crippen LogP contribution in [0.25, 0.3) is 0 Å². The summed E-state index contributed by atoms with van der Waals surface area (Å²) in [4.78, 5) is 11.5. The van der Waals surface area contributed by atoms with E-state index in [1.807, 2.05) is 13.8 Å². The molecule has 21 heavy (non-hydrogen) atoms. The third-order valence-electron chi connectivity index (χ3n) is 2.77. The molecule has 0 aliphatic heterocycles. The number of hydrogen-bond acceptors (Lipinski definition) is 2. The summed E-state index contributed by atoms with van der Waals surface area (Å²) in [5.74, 6) is 0.102. The predicted molar refractivity (Wildman–Crippen MR) is 77.4 cm³/mol. The van der Waals surface area contributed by atoms with Crippen molar-refractivity contribution in [3.05, 3.63) is 28.8 Å². The van der Waals surface area contributed by atoms with Crippen LogP contribution in [0.2, 0.25) is 5.02 Å². The second kappa shape index (κ2) is 7.54. The Kier molecular flexibility index (Phi) is 6.33. The molecule has 0 bridgehead atoms. The summed E-state index contributed by atoms with van der Waals surface area (Å²) in [5.41, 5.74) is -1.05. The lowest BCUT2D eigenvalue weighted by molar-refractivity contribution is -0.137. The summed E-state index contributed by atoms with van der Waals surface area (Å²) >= 11 is 5.58.